The van der Waals surface area contributed by atoms with Gasteiger partial charge in [-0.15, -0.1) is 0 Å². The van der Waals surface area contributed by atoms with Gasteiger partial charge in [0.25, 0.3) is 0 Å². The number of hydrazine groups is 1. The molecule has 0 aromatic carbocycles. The monoisotopic (exact) mass is 259 g/mol. The molecule has 1 fully saturated rings. The van der Waals surface area contributed by atoms with Gasteiger partial charge in [0.2, 0.25) is 0 Å². The Morgan fingerprint density at radius 1 is 1.41 bits per heavy atom. The maximum Gasteiger partial charge on any atom is 0.181 e. The third-order valence-corrected chi connectivity index (χ3v) is 3.43. The van der Waals surface area contributed by atoms with Gasteiger partial charge in [0.1, 0.15) is 0 Å². The Labute approximate surface area is 110 Å². The number of nitrogens with one attached hydrogen (secondary N) is 2. The topological polar surface area (TPSA) is 36.5 Å². The molecule has 0 radical (unpaired) electrons. The second kappa shape index (κ2) is 7.13. The molecule has 0 saturated carbocycles. The van der Waals surface area contributed by atoms with Gasteiger partial charge in [-0.3, -0.25) is 5.43 Å². The Bertz CT molecular complexity index is 240. The van der Waals surface area contributed by atoms with Gasteiger partial charge in [0, 0.05) is 25.2 Å². The normalized spacial score (nSPS) is 27.5. The number of methoxy groups -OCH3 is 1. The van der Waals surface area contributed by atoms with Gasteiger partial charge in [-0.1, -0.05) is 6.42 Å². The summed E-state index contributed by atoms with van der Waals surface area (Å²) in [6, 6.07) is 1.31. The maximum absolute atomic E-state index is 5.31. The molecule has 0 amide bonds. The first-order chi connectivity index (χ1) is 8.04. The molecule has 0 aromatic rings. The van der Waals surface area contributed by atoms with E-state index in [-0.39, 0.29) is 6.04 Å². The summed E-state index contributed by atoms with van der Waals surface area (Å²) >= 11 is 5.31. The third-order valence-electron chi connectivity index (χ3n) is 3.22. The molecular formula is C12H25N3OS. The van der Waals surface area contributed by atoms with Gasteiger partial charge < -0.3 is 10.1 Å². The summed E-state index contributed by atoms with van der Waals surface area (Å²) in [6.07, 6.45) is 3.77. The standard InChI is InChI=1S/C12H25N3OS/c1-9(8-16-4)13-12(17)14-15-10(2)6-5-7-11(15)3/h9-11H,5-8H2,1-4H3,(H2,13,14,17). The lowest BCUT2D eigenvalue weighted by atomic mass is 10.00. The maximum atomic E-state index is 5.31. The summed E-state index contributed by atoms with van der Waals surface area (Å²) in [5.41, 5.74) is 3.31. The van der Waals surface area contributed by atoms with E-state index in [9.17, 15) is 0 Å². The SMILES string of the molecule is COCC(C)NC(=S)NN1C(C)CCCC1C. The van der Waals surface area contributed by atoms with Gasteiger partial charge in [-0.2, -0.15) is 0 Å². The van der Waals surface area contributed by atoms with Crippen LogP contribution in [0.25, 0.3) is 0 Å². The molecule has 0 spiro atoms. The lowest BCUT2D eigenvalue weighted by Crippen LogP contribution is -2.57. The predicted molar refractivity (Wildman–Crippen MR) is 74.8 cm³/mol. The molecule has 1 saturated heterocycles. The lowest BCUT2D eigenvalue weighted by Gasteiger charge is -2.39. The molecule has 2 N–H and O–H groups in total. The molecule has 1 aliphatic rings. The van der Waals surface area contributed by atoms with Crippen LogP contribution in [-0.4, -0.2) is 42.0 Å². The van der Waals surface area contributed by atoms with E-state index in [0.717, 1.165) is 0 Å². The molecule has 17 heavy (non-hydrogen) atoms. The molecule has 1 heterocycles. The van der Waals surface area contributed by atoms with E-state index in [1.165, 1.54) is 19.3 Å². The predicted octanol–water partition coefficient (Wildman–Crippen LogP) is 1.66. The van der Waals surface area contributed by atoms with Crippen molar-refractivity contribution >= 4 is 17.3 Å². The molecule has 0 aliphatic carbocycles. The van der Waals surface area contributed by atoms with Crippen molar-refractivity contribution in [3.05, 3.63) is 0 Å². The highest BCUT2D eigenvalue weighted by molar-refractivity contribution is 7.80. The highest BCUT2D eigenvalue weighted by atomic mass is 32.1. The quantitative estimate of drug-likeness (QED) is 0.751. The van der Waals surface area contributed by atoms with Gasteiger partial charge >= 0.3 is 0 Å². The number of ether oxygens (including phenoxy) is 1. The van der Waals surface area contributed by atoms with E-state index in [1.807, 2.05) is 0 Å². The fourth-order valence-corrected chi connectivity index (χ4v) is 2.61. The second-order valence-electron chi connectivity index (χ2n) is 4.98. The summed E-state index contributed by atoms with van der Waals surface area (Å²) in [7, 11) is 1.70. The largest absolute Gasteiger partial charge is 0.383 e. The molecular weight excluding hydrogens is 234 g/mol. The molecule has 3 unspecified atom stereocenters. The van der Waals surface area contributed by atoms with Crippen molar-refractivity contribution in [2.45, 2.75) is 58.2 Å². The highest BCUT2D eigenvalue weighted by Gasteiger charge is 2.25. The van der Waals surface area contributed by atoms with Gasteiger partial charge in [-0.25, -0.2) is 5.01 Å². The van der Waals surface area contributed by atoms with Crippen molar-refractivity contribution in [3.8, 4) is 0 Å². The number of rotatable bonds is 4. The Morgan fingerprint density at radius 2 is 2.00 bits per heavy atom. The van der Waals surface area contributed by atoms with Crippen molar-refractivity contribution in [2.24, 2.45) is 0 Å². The van der Waals surface area contributed by atoms with Crippen LogP contribution in [0.2, 0.25) is 0 Å². The Kier molecular flexibility index (Phi) is 6.16. The smallest absolute Gasteiger partial charge is 0.181 e. The first-order valence-corrected chi connectivity index (χ1v) is 6.79. The molecule has 1 rings (SSSR count). The summed E-state index contributed by atoms with van der Waals surface area (Å²) < 4.78 is 5.07. The first-order valence-electron chi connectivity index (χ1n) is 6.39. The number of hydrogen-bond donors (Lipinski definition) is 2. The first kappa shape index (κ1) is 14.7. The lowest BCUT2D eigenvalue weighted by molar-refractivity contribution is 0.0729. The summed E-state index contributed by atoms with van der Waals surface area (Å²) in [6.45, 7) is 7.20. The van der Waals surface area contributed by atoms with Crippen LogP contribution in [-0.2, 0) is 4.74 Å². The van der Waals surface area contributed by atoms with E-state index in [1.54, 1.807) is 7.11 Å². The van der Waals surface area contributed by atoms with Crippen molar-refractivity contribution < 1.29 is 4.74 Å². The van der Waals surface area contributed by atoms with Crippen LogP contribution < -0.4 is 10.7 Å². The average molecular weight is 259 g/mol. The Hall–Kier alpha value is -0.390. The molecule has 4 nitrogen and oxygen atoms in total. The fourth-order valence-electron chi connectivity index (χ4n) is 2.31. The van der Waals surface area contributed by atoms with Crippen molar-refractivity contribution in [1.82, 2.24) is 15.8 Å². The minimum atomic E-state index is 0.232. The number of nitrogens with zero attached hydrogens (tertiary/aromatic N) is 1. The van der Waals surface area contributed by atoms with Gasteiger partial charge in [0.05, 0.1) is 6.61 Å². The zero-order valence-corrected chi connectivity index (χ0v) is 12.1. The molecule has 1 aliphatic heterocycles. The number of thiocarbonyl (C=S) groups is 1. The van der Waals surface area contributed by atoms with E-state index in [0.29, 0.717) is 23.8 Å². The minimum absolute atomic E-state index is 0.232. The highest BCUT2D eigenvalue weighted by Crippen LogP contribution is 2.19. The van der Waals surface area contributed by atoms with Crippen molar-refractivity contribution in [1.29, 1.82) is 0 Å². The summed E-state index contributed by atoms with van der Waals surface area (Å²) in [5, 5.41) is 6.18. The van der Waals surface area contributed by atoms with Crippen molar-refractivity contribution in [3.63, 3.8) is 0 Å². The number of hydrogen-bond acceptors (Lipinski definition) is 3. The van der Waals surface area contributed by atoms with E-state index < -0.39 is 0 Å². The van der Waals surface area contributed by atoms with Crippen LogP contribution in [0, 0.1) is 0 Å². The van der Waals surface area contributed by atoms with E-state index in [4.69, 9.17) is 17.0 Å². The Morgan fingerprint density at radius 3 is 2.53 bits per heavy atom. The zero-order chi connectivity index (χ0) is 12.8. The van der Waals surface area contributed by atoms with Crippen LogP contribution in [0.1, 0.15) is 40.0 Å². The van der Waals surface area contributed by atoms with E-state index in [2.05, 4.69) is 36.5 Å². The number of piperidine rings is 1. The minimum Gasteiger partial charge on any atom is -0.383 e. The Balaban J connectivity index is 2.38. The van der Waals surface area contributed by atoms with Crippen LogP contribution in [0.4, 0.5) is 0 Å². The molecule has 0 bridgehead atoms. The van der Waals surface area contributed by atoms with Crippen LogP contribution in [0.15, 0.2) is 0 Å². The van der Waals surface area contributed by atoms with Crippen LogP contribution in [0.5, 0.6) is 0 Å². The summed E-state index contributed by atoms with van der Waals surface area (Å²) in [4.78, 5) is 0. The van der Waals surface area contributed by atoms with Crippen LogP contribution >= 0.6 is 12.2 Å². The molecule has 5 heteroatoms. The van der Waals surface area contributed by atoms with Crippen molar-refractivity contribution in [2.75, 3.05) is 13.7 Å². The second-order valence-corrected chi connectivity index (χ2v) is 5.39. The molecule has 0 aromatic heterocycles. The molecule has 100 valence electrons. The zero-order valence-electron chi connectivity index (χ0n) is 11.3. The third kappa shape index (κ3) is 4.77. The summed E-state index contributed by atoms with van der Waals surface area (Å²) in [5.74, 6) is 0. The van der Waals surface area contributed by atoms with Crippen LogP contribution in [0.3, 0.4) is 0 Å². The van der Waals surface area contributed by atoms with E-state index >= 15 is 0 Å². The fraction of sp³-hybridized carbons (Fsp3) is 0.917. The average Bonchev–Trinajstić information content (AvgIpc) is 2.24. The van der Waals surface area contributed by atoms with Gasteiger partial charge in [0.15, 0.2) is 5.11 Å². The molecule has 3 atom stereocenters. The van der Waals surface area contributed by atoms with Gasteiger partial charge in [-0.05, 0) is 45.8 Å².